The number of halogens is 1. The van der Waals surface area contributed by atoms with Gasteiger partial charge in [0.1, 0.15) is 11.6 Å². The van der Waals surface area contributed by atoms with E-state index >= 15 is 0 Å². The molecule has 1 aromatic carbocycles. The van der Waals surface area contributed by atoms with Crippen molar-refractivity contribution in [1.82, 2.24) is 9.97 Å². The van der Waals surface area contributed by atoms with E-state index in [0.29, 0.717) is 0 Å². The van der Waals surface area contributed by atoms with Crippen LogP contribution in [0.5, 0.6) is 0 Å². The monoisotopic (exact) mass is 261 g/mol. The number of nitrogens with zero attached hydrogens (tertiary/aromatic N) is 1. The van der Waals surface area contributed by atoms with Crippen LogP contribution in [-0.2, 0) is 0 Å². The lowest BCUT2D eigenvalue weighted by molar-refractivity contribution is 0.337. The maximum atomic E-state index is 12.9. The van der Waals surface area contributed by atoms with Crippen molar-refractivity contribution in [3.8, 4) is 11.3 Å². The van der Waals surface area contributed by atoms with Crippen LogP contribution in [0.15, 0.2) is 30.5 Å². The van der Waals surface area contributed by atoms with Crippen LogP contribution in [0.4, 0.5) is 4.39 Å². The van der Waals surface area contributed by atoms with Gasteiger partial charge in [-0.1, -0.05) is 20.8 Å². The number of rotatable bonds is 3. The summed E-state index contributed by atoms with van der Waals surface area (Å²) in [5.74, 6) is 0.530. The van der Waals surface area contributed by atoms with E-state index in [-0.39, 0.29) is 17.3 Å². The Bertz CT molecular complexity index is 537. The van der Waals surface area contributed by atoms with Gasteiger partial charge in [-0.3, -0.25) is 0 Å². The van der Waals surface area contributed by atoms with Crippen LogP contribution in [-0.4, -0.2) is 9.97 Å². The average molecular weight is 261 g/mol. The van der Waals surface area contributed by atoms with Crippen molar-refractivity contribution in [2.45, 2.75) is 33.2 Å². The second-order valence-corrected chi connectivity index (χ2v) is 6.06. The lowest BCUT2D eigenvalue weighted by Crippen LogP contribution is -2.19. The third-order valence-electron chi connectivity index (χ3n) is 2.93. The third-order valence-corrected chi connectivity index (χ3v) is 2.93. The van der Waals surface area contributed by atoms with Crippen molar-refractivity contribution in [3.63, 3.8) is 0 Å². The number of hydrogen-bond donors (Lipinski definition) is 2. The number of H-pyrrole nitrogens is 1. The molecule has 1 unspecified atom stereocenters. The molecule has 0 spiro atoms. The molecule has 102 valence electrons. The lowest BCUT2D eigenvalue weighted by atomic mass is 9.88. The van der Waals surface area contributed by atoms with Gasteiger partial charge in [-0.15, -0.1) is 0 Å². The van der Waals surface area contributed by atoms with Crippen molar-refractivity contribution < 1.29 is 4.39 Å². The summed E-state index contributed by atoms with van der Waals surface area (Å²) in [7, 11) is 0. The average Bonchev–Trinajstić information content (AvgIpc) is 2.77. The van der Waals surface area contributed by atoms with E-state index in [1.807, 2.05) is 0 Å². The second kappa shape index (κ2) is 5.13. The van der Waals surface area contributed by atoms with E-state index in [1.165, 1.54) is 12.1 Å². The van der Waals surface area contributed by atoms with Gasteiger partial charge in [-0.05, 0) is 41.7 Å². The zero-order valence-electron chi connectivity index (χ0n) is 11.6. The number of aromatic nitrogens is 2. The number of nitrogens with one attached hydrogen (secondary N) is 1. The van der Waals surface area contributed by atoms with E-state index < -0.39 is 0 Å². The predicted octanol–water partition coefficient (Wildman–Crippen LogP) is 3.65. The molecule has 19 heavy (non-hydrogen) atoms. The molecule has 3 nitrogen and oxygen atoms in total. The van der Waals surface area contributed by atoms with Gasteiger partial charge in [0.2, 0.25) is 0 Å². The predicted molar refractivity (Wildman–Crippen MR) is 75.0 cm³/mol. The molecule has 1 atom stereocenters. The highest BCUT2D eigenvalue weighted by Crippen LogP contribution is 2.27. The highest BCUT2D eigenvalue weighted by molar-refractivity contribution is 5.58. The summed E-state index contributed by atoms with van der Waals surface area (Å²) in [5.41, 5.74) is 8.06. The van der Waals surface area contributed by atoms with E-state index in [1.54, 1.807) is 18.3 Å². The Balaban J connectivity index is 2.17. The summed E-state index contributed by atoms with van der Waals surface area (Å²) >= 11 is 0. The molecule has 0 aliphatic heterocycles. The Kier molecular flexibility index (Phi) is 3.71. The number of imidazole rings is 1. The van der Waals surface area contributed by atoms with Gasteiger partial charge in [0.25, 0.3) is 0 Å². The molecule has 1 aromatic heterocycles. The molecule has 1 heterocycles. The molecule has 4 heteroatoms. The van der Waals surface area contributed by atoms with E-state index in [9.17, 15) is 4.39 Å². The normalized spacial score (nSPS) is 13.5. The zero-order chi connectivity index (χ0) is 14.0. The summed E-state index contributed by atoms with van der Waals surface area (Å²) in [4.78, 5) is 7.54. The van der Waals surface area contributed by atoms with Gasteiger partial charge < -0.3 is 10.7 Å². The minimum atomic E-state index is -0.243. The van der Waals surface area contributed by atoms with Gasteiger partial charge in [0.05, 0.1) is 17.9 Å². The van der Waals surface area contributed by atoms with Crippen LogP contribution in [0.25, 0.3) is 11.3 Å². The third kappa shape index (κ3) is 3.64. The molecule has 3 N–H and O–H groups in total. The zero-order valence-corrected chi connectivity index (χ0v) is 11.6. The minimum Gasteiger partial charge on any atom is -0.341 e. The second-order valence-electron chi connectivity index (χ2n) is 6.06. The molecule has 0 saturated carbocycles. The molecule has 0 bridgehead atoms. The number of nitrogens with two attached hydrogens (primary N) is 1. The van der Waals surface area contributed by atoms with Gasteiger partial charge in [0.15, 0.2) is 0 Å². The number of benzene rings is 1. The van der Waals surface area contributed by atoms with Crippen LogP contribution in [0.2, 0.25) is 0 Å². The summed E-state index contributed by atoms with van der Waals surface area (Å²) < 4.78 is 12.9. The first-order valence-electron chi connectivity index (χ1n) is 6.41. The molecule has 0 radical (unpaired) electrons. The SMILES string of the molecule is CC(C)(C)CC(N)c1ncc(-c2ccc(F)cc2)[nH]1. The van der Waals surface area contributed by atoms with Crippen LogP contribution in [0, 0.1) is 11.2 Å². The van der Waals surface area contributed by atoms with Crippen molar-refractivity contribution in [3.05, 3.63) is 42.1 Å². The molecule has 2 rings (SSSR count). The fourth-order valence-corrected chi connectivity index (χ4v) is 2.06. The van der Waals surface area contributed by atoms with E-state index in [2.05, 4.69) is 30.7 Å². The van der Waals surface area contributed by atoms with Gasteiger partial charge in [-0.25, -0.2) is 9.37 Å². The van der Waals surface area contributed by atoms with Gasteiger partial charge in [-0.2, -0.15) is 0 Å². The van der Waals surface area contributed by atoms with E-state index in [4.69, 9.17) is 5.73 Å². The summed E-state index contributed by atoms with van der Waals surface area (Å²) in [5, 5.41) is 0. The first kappa shape index (κ1) is 13.7. The van der Waals surface area contributed by atoms with Gasteiger partial charge >= 0.3 is 0 Å². The smallest absolute Gasteiger partial charge is 0.123 e. The van der Waals surface area contributed by atoms with Gasteiger partial charge in [0, 0.05) is 0 Å². The fourth-order valence-electron chi connectivity index (χ4n) is 2.06. The summed E-state index contributed by atoms with van der Waals surface area (Å²) in [6.45, 7) is 6.45. The molecular weight excluding hydrogens is 241 g/mol. The molecule has 2 aromatic rings. The first-order chi connectivity index (χ1) is 8.85. The lowest BCUT2D eigenvalue weighted by Gasteiger charge is -2.21. The minimum absolute atomic E-state index is 0.116. The van der Waals surface area contributed by atoms with Crippen molar-refractivity contribution in [2.75, 3.05) is 0 Å². The molecule has 0 aliphatic carbocycles. The highest BCUT2D eigenvalue weighted by atomic mass is 19.1. The maximum Gasteiger partial charge on any atom is 0.123 e. The fraction of sp³-hybridized carbons (Fsp3) is 0.400. The summed E-state index contributed by atoms with van der Waals surface area (Å²) in [6, 6.07) is 6.20. The van der Waals surface area contributed by atoms with Crippen molar-refractivity contribution in [2.24, 2.45) is 11.1 Å². The Morgan fingerprint density at radius 1 is 1.26 bits per heavy atom. The first-order valence-corrected chi connectivity index (χ1v) is 6.41. The highest BCUT2D eigenvalue weighted by Gasteiger charge is 2.19. The Morgan fingerprint density at radius 2 is 1.89 bits per heavy atom. The summed E-state index contributed by atoms with van der Waals surface area (Å²) in [6.07, 6.45) is 2.59. The molecule has 0 aliphatic rings. The van der Waals surface area contributed by atoms with E-state index in [0.717, 1.165) is 23.5 Å². The molecule has 0 amide bonds. The van der Waals surface area contributed by atoms with Crippen LogP contribution in [0.1, 0.15) is 39.1 Å². The van der Waals surface area contributed by atoms with Crippen LogP contribution < -0.4 is 5.73 Å². The Morgan fingerprint density at radius 3 is 2.47 bits per heavy atom. The standard InChI is InChI=1S/C15H20FN3/c1-15(2,3)8-12(17)14-18-9-13(19-14)10-4-6-11(16)7-5-10/h4-7,9,12H,8,17H2,1-3H3,(H,18,19). The molecule has 0 fully saturated rings. The van der Waals surface area contributed by atoms with Crippen molar-refractivity contribution >= 4 is 0 Å². The Labute approximate surface area is 113 Å². The molecule has 0 saturated heterocycles. The van der Waals surface area contributed by atoms with Crippen molar-refractivity contribution in [1.29, 1.82) is 0 Å². The topological polar surface area (TPSA) is 54.7 Å². The largest absolute Gasteiger partial charge is 0.341 e. The Hall–Kier alpha value is -1.68. The van der Waals surface area contributed by atoms with Crippen LogP contribution >= 0.6 is 0 Å². The van der Waals surface area contributed by atoms with Crippen LogP contribution in [0.3, 0.4) is 0 Å². The quantitative estimate of drug-likeness (QED) is 0.886. The molecular formula is C15H20FN3. The maximum absolute atomic E-state index is 12.9. The number of hydrogen-bond acceptors (Lipinski definition) is 2. The number of aromatic amines is 1.